The van der Waals surface area contributed by atoms with Gasteiger partial charge in [0.25, 0.3) is 0 Å². The highest BCUT2D eigenvalue weighted by molar-refractivity contribution is 5.72. The van der Waals surface area contributed by atoms with Crippen molar-refractivity contribution in [2.45, 2.75) is 25.5 Å². The molecule has 3 heterocycles. The van der Waals surface area contributed by atoms with E-state index in [2.05, 4.69) is 50.7 Å². The van der Waals surface area contributed by atoms with Gasteiger partial charge in [-0.15, -0.1) is 0 Å². The summed E-state index contributed by atoms with van der Waals surface area (Å²) in [5, 5.41) is 1.97. The van der Waals surface area contributed by atoms with Gasteiger partial charge in [-0.1, -0.05) is 24.3 Å². The molecule has 176 valence electrons. The number of pyridine rings is 1. The first kappa shape index (κ1) is 22.3. The van der Waals surface area contributed by atoms with Gasteiger partial charge in [-0.3, -0.25) is 4.98 Å². The number of nitrogens with zero attached hydrogens (tertiary/aromatic N) is 4. The van der Waals surface area contributed by atoms with Crippen molar-refractivity contribution in [3.05, 3.63) is 71.9 Å². The summed E-state index contributed by atoms with van der Waals surface area (Å²) in [5.74, 6) is 2.92. The number of hydrogen-bond acceptors (Lipinski definition) is 8. The molecular formula is C26H29N5O3. The number of methoxy groups -OCH3 is 2. The van der Waals surface area contributed by atoms with Gasteiger partial charge >= 0.3 is 0 Å². The van der Waals surface area contributed by atoms with Gasteiger partial charge in [0.1, 0.15) is 17.8 Å². The van der Waals surface area contributed by atoms with E-state index >= 15 is 0 Å². The molecule has 8 heteroatoms. The maximum atomic E-state index is 6.22. The third-order valence-corrected chi connectivity index (χ3v) is 6.34. The molecule has 1 N–H and O–H groups in total. The van der Waals surface area contributed by atoms with Crippen LogP contribution in [0.5, 0.6) is 11.6 Å². The number of hydrogen-bond donors (Lipinski definition) is 1. The topological polar surface area (TPSA) is 81.6 Å². The fourth-order valence-electron chi connectivity index (χ4n) is 4.25. The lowest BCUT2D eigenvalue weighted by Crippen LogP contribution is -2.34. The van der Waals surface area contributed by atoms with Gasteiger partial charge in [-0.05, 0) is 42.7 Å². The van der Waals surface area contributed by atoms with Crippen molar-refractivity contribution in [3.63, 3.8) is 0 Å². The lowest BCUT2D eigenvalue weighted by molar-refractivity contribution is 0.0820. The molecule has 0 bridgehead atoms. The van der Waals surface area contributed by atoms with Crippen LogP contribution < -0.4 is 14.9 Å². The molecule has 0 radical (unpaired) electrons. The second-order valence-electron chi connectivity index (χ2n) is 8.65. The number of ether oxygens (including phenoxy) is 3. The molecule has 3 aromatic rings. The molecule has 0 spiro atoms. The van der Waals surface area contributed by atoms with Crippen molar-refractivity contribution in [1.82, 2.24) is 25.4 Å². The molecule has 5 rings (SSSR count). The average molecular weight is 460 g/mol. The van der Waals surface area contributed by atoms with E-state index in [1.807, 2.05) is 37.3 Å². The van der Waals surface area contributed by atoms with E-state index in [0.29, 0.717) is 30.1 Å². The first-order chi connectivity index (χ1) is 16.6. The molecule has 1 aromatic carbocycles. The van der Waals surface area contributed by atoms with E-state index in [1.54, 1.807) is 20.4 Å². The van der Waals surface area contributed by atoms with E-state index in [9.17, 15) is 0 Å². The minimum atomic E-state index is -0.121. The van der Waals surface area contributed by atoms with Gasteiger partial charge in [0.05, 0.1) is 31.2 Å². The van der Waals surface area contributed by atoms with Crippen LogP contribution in [-0.2, 0) is 4.74 Å². The molecule has 8 nitrogen and oxygen atoms in total. The predicted molar refractivity (Wildman–Crippen MR) is 129 cm³/mol. The minimum Gasteiger partial charge on any atom is -0.495 e. The first-order valence-electron chi connectivity index (χ1n) is 11.4. The van der Waals surface area contributed by atoms with Crippen molar-refractivity contribution in [2.24, 2.45) is 5.92 Å². The van der Waals surface area contributed by atoms with Crippen molar-refractivity contribution in [2.75, 3.05) is 27.9 Å². The van der Waals surface area contributed by atoms with Crippen LogP contribution in [0, 0.1) is 12.8 Å². The summed E-state index contributed by atoms with van der Waals surface area (Å²) < 4.78 is 16.8. The van der Waals surface area contributed by atoms with Gasteiger partial charge in [0.15, 0.2) is 0 Å². The highest BCUT2D eigenvalue weighted by Gasteiger charge is 2.40. The lowest BCUT2D eigenvalue weighted by Gasteiger charge is -2.18. The summed E-state index contributed by atoms with van der Waals surface area (Å²) >= 11 is 0. The molecule has 0 saturated heterocycles. The number of aromatic nitrogens is 3. The van der Waals surface area contributed by atoms with Gasteiger partial charge in [0.2, 0.25) is 5.88 Å². The first-order valence-corrected chi connectivity index (χ1v) is 11.4. The maximum absolute atomic E-state index is 6.22. The third kappa shape index (κ3) is 4.60. The van der Waals surface area contributed by atoms with Gasteiger partial charge < -0.3 is 19.2 Å². The van der Waals surface area contributed by atoms with E-state index in [4.69, 9.17) is 14.2 Å². The molecule has 1 unspecified atom stereocenters. The number of hydrazine groups is 1. The minimum absolute atomic E-state index is 0.121. The Bertz CT molecular complexity index is 1180. The molecule has 1 aliphatic heterocycles. The number of nitrogens with one attached hydrogen (secondary N) is 1. The van der Waals surface area contributed by atoms with Gasteiger partial charge in [0, 0.05) is 37.9 Å². The van der Waals surface area contributed by atoms with Crippen molar-refractivity contribution < 1.29 is 14.2 Å². The molecule has 3 atom stereocenters. The Balaban J connectivity index is 1.29. The zero-order valence-electron chi connectivity index (χ0n) is 19.9. The van der Waals surface area contributed by atoms with Crippen LogP contribution in [0.15, 0.2) is 54.9 Å². The lowest BCUT2D eigenvalue weighted by atomic mass is 10.0. The average Bonchev–Trinajstić information content (AvgIpc) is 3.55. The van der Waals surface area contributed by atoms with Crippen LogP contribution in [0.25, 0.3) is 16.8 Å². The number of rotatable bonds is 8. The smallest absolute Gasteiger partial charge is 0.224 e. The van der Waals surface area contributed by atoms with Crippen molar-refractivity contribution >= 4 is 5.70 Å². The zero-order chi connectivity index (χ0) is 23.7. The standard InChI is InChI=1S/C26H29N5O3/c1-16-27-14-22(17-5-7-18(8-6-17)24-12-25(33-4)30-31(24)2)26(29-16)34-15-19-11-21(19)23-10-9-20(32-3)13-28-23/h5-10,12-14,19,21,25,30H,11,15H2,1-4H3/t19-,21+,25?/m1/s1. The Morgan fingerprint density at radius 3 is 2.50 bits per heavy atom. The number of benzene rings is 1. The quantitative estimate of drug-likeness (QED) is 0.545. The van der Waals surface area contributed by atoms with Crippen LogP contribution >= 0.6 is 0 Å². The Labute approximate surface area is 199 Å². The van der Waals surface area contributed by atoms with Crippen molar-refractivity contribution in [1.29, 1.82) is 0 Å². The molecule has 1 fully saturated rings. The molecular weight excluding hydrogens is 430 g/mol. The molecule has 0 amide bonds. The zero-order valence-corrected chi connectivity index (χ0v) is 19.9. The highest BCUT2D eigenvalue weighted by atomic mass is 16.5. The molecule has 1 aliphatic carbocycles. The Morgan fingerprint density at radius 1 is 1.03 bits per heavy atom. The summed E-state index contributed by atoms with van der Waals surface area (Å²) in [7, 11) is 5.31. The molecule has 2 aromatic heterocycles. The van der Waals surface area contributed by atoms with E-state index < -0.39 is 0 Å². The van der Waals surface area contributed by atoms with E-state index in [0.717, 1.165) is 40.3 Å². The Hall–Kier alpha value is -3.49. The normalized spacial score (nSPS) is 21.4. The van der Waals surface area contributed by atoms with Crippen molar-refractivity contribution in [3.8, 4) is 22.8 Å². The summed E-state index contributed by atoms with van der Waals surface area (Å²) in [4.78, 5) is 13.5. The number of aryl methyl sites for hydroxylation is 1. The summed E-state index contributed by atoms with van der Waals surface area (Å²) in [6, 6.07) is 12.3. The summed E-state index contributed by atoms with van der Waals surface area (Å²) in [5.41, 5.74) is 8.39. The van der Waals surface area contributed by atoms with Crippen LogP contribution in [0.3, 0.4) is 0 Å². The van der Waals surface area contributed by atoms with E-state index in [1.165, 1.54) is 0 Å². The SMILES string of the molecule is COc1ccc([C@H]2C[C@@H]2COc2nc(C)ncc2-c2ccc(C3=CC(OC)NN3C)cc2)nc1. The monoisotopic (exact) mass is 459 g/mol. The summed E-state index contributed by atoms with van der Waals surface area (Å²) in [6.45, 7) is 2.48. The van der Waals surface area contributed by atoms with Crippen LogP contribution in [0.1, 0.15) is 29.4 Å². The van der Waals surface area contributed by atoms with Crippen LogP contribution in [0.4, 0.5) is 0 Å². The largest absolute Gasteiger partial charge is 0.495 e. The summed E-state index contributed by atoms with van der Waals surface area (Å²) in [6.07, 6.45) is 6.61. The fraction of sp³-hybridized carbons (Fsp3) is 0.346. The molecule has 1 saturated carbocycles. The Kier molecular flexibility index (Phi) is 6.17. The fourth-order valence-corrected chi connectivity index (χ4v) is 4.25. The van der Waals surface area contributed by atoms with Crippen LogP contribution in [-0.4, -0.2) is 54.1 Å². The third-order valence-electron chi connectivity index (χ3n) is 6.34. The molecule has 2 aliphatic rings. The second kappa shape index (κ2) is 9.40. The molecule has 34 heavy (non-hydrogen) atoms. The highest BCUT2D eigenvalue weighted by Crippen LogP contribution is 2.47. The maximum Gasteiger partial charge on any atom is 0.224 e. The van der Waals surface area contributed by atoms with E-state index in [-0.39, 0.29) is 6.23 Å². The van der Waals surface area contributed by atoms with Gasteiger partial charge in [-0.25, -0.2) is 10.4 Å². The van der Waals surface area contributed by atoms with Gasteiger partial charge in [-0.2, -0.15) is 4.98 Å². The Morgan fingerprint density at radius 2 is 1.82 bits per heavy atom. The second-order valence-corrected chi connectivity index (χ2v) is 8.65. The predicted octanol–water partition coefficient (Wildman–Crippen LogP) is 3.80. The van der Waals surface area contributed by atoms with Crippen LogP contribution in [0.2, 0.25) is 0 Å².